The van der Waals surface area contributed by atoms with Crippen molar-refractivity contribution in [2.24, 2.45) is 39.4 Å². The van der Waals surface area contributed by atoms with Crippen LogP contribution >= 0.6 is 0 Å². The first-order valence-corrected chi connectivity index (χ1v) is 15.1. The molecule has 37 heavy (non-hydrogen) atoms. The van der Waals surface area contributed by atoms with Gasteiger partial charge in [-0.2, -0.15) is 0 Å². The molecule has 0 aromatic carbocycles. The number of esters is 1. The van der Waals surface area contributed by atoms with E-state index in [1.54, 1.807) is 5.57 Å². The van der Waals surface area contributed by atoms with Crippen LogP contribution in [0.15, 0.2) is 34.9 Å². The Morgan fingerprint density at radius 3 is 2.41 bits per heavy atom. The predicted octanol–water partition coefficient (Wildman–Crippen LogP) is 8.58. The summed E-state index contributed by atoms with van der Waals surface area (Å²) < 4.78 is 5.96. The highest BCUT2D eigenvalue weighted by molar-refractivity contribution is 5.88. The molecule has 2 fully saturated rings. The molecule has 4 aliphatic carbocycles. The Balaban J connectivity index is 1.60. The Morgan fingerprint density at radius 1 is 1.05 bits per heavy atom. The van der Waals surface area contributed by atoms with Crippen molar-refractivity contribution < 1.29 is 14.6 Å². The molecule has 0 heterocycles. The first kappa shape index (κ1) is 28.7. The fourth-order valence-electron chi connectivity index (χ4n) is 9.94. The maximum absolute atomic E-state index is 12.5. The number of hydrogen-bond acceptors (Lipinski definition) is 3. The van der Waals surface area contributed by atoms with E-state index in [9.17, 15) is 9.90 Å². The van der Waals surface area contributed by atoms with Crippen LogP contribution in [0, 0.1) is 39.4 Å². The molecule has 0 spiro atoms. The second-order valence-electron chi connectivity index (χ2n) is 14.7. The predicted molar refractivity (Wildman–Crippen MR) is 153 cm³/mol. The van der Waals surface area contributed by atoms with Gasteiger partial charge in [-0.25, -0.2) is 4.79 Å². The zero-order valence-electron chi connectivity index (χ0n) is 25.1. The fraction of sp³-hybridized carbons (Fsp3) is 0.794. The van der Waals surface area contributed by atoms with Crippen LogP contribution in [-0.4, -0.2) is 23.8 Å². The number of aliphatic hydroxyl groups excluding tert-OH is 1. The molecule has 1 unspecified atom stereocenters. The van der Waals surface area contributed by atoms with Crippen LogP contribution in [0.5, 0.6) is 0 Å². The maximum atomic E-state index is 12.5. The smallest absolute Gasteiger partial charge is 0.336 e. The summed E-state index contributed by atoms with van der Waals surface area (Å²) in [6.07, 6.45) is 14.5. The Bertz CT molecular complexity index is 981. The Kier molecular flexibility index (Phi) is 7.74. The van der Waals surface area contributed by atoms with Crippen LogP contribution in [-0.2, 0) is 9.53 Å². The normalized spacial score (nSPS) is 39.2. The number of fused-ring (bicyclic) bond motifs is 4. The average Bonchev–Trinajstić information content (AvgIpc) is 3.11. The third-order valence-electron chi connectivity index (χ3n) is 12.3. The summed E-state index contributed by atoms with van der Waals surface area (Å²) in [6, 6.07) is 0. The quantitative estimate of drug-likeness (QED) is 0.212. The van der Waals surface area contributed by atoms with Crippen molar-refractivity contribution in [3.8, 4) is 0 Å². The molecule has 3 heteroatoms. The molecule has 208 valence electrons. The molecule has 4 aliphatic rings. The summed E-state index contributed by atoms with van der Waals surface area (Å²) in [6.45, 7) is 22.8. The highest BCUT2D eigenvalue weighted by Gasteiger charge is 2.63. The van der Waals surface area contributed by atoms with Crippen molar-refractivity contribution in [2.75, 3.05) is 6.61 Å². The van der Waals surface area contributed by atoms with E-state index in [0.29, 0.717) is 16.7 Å². The van der Waals surface area contributed by atoms with Gasteiger partial charge in [0, 0.05) is 5.41 Å². The van der Waals surface area contributed by atoms with E-state index in [-0.39, 0.29) is 29.1 Å². The molecule has 0 aliphatic heterocycles. The van der Waals surface area contributed by atoms with Gasteiger partial charge in [-0.15, -0.1) is 0 Å². The van der Waals surface area contributed by atoms with Crippen molar-refractivity contribution in [3.05, 3.63) is 34.9 Å². The number of aliphatic hydroxyl groups is 1. The van der Waals surface area contributed by atoms with Crippen LogP contribution in [0.1, 0.15) is 120 Å². The molecule has 7 atom stereocenters. The Hall–Kier alpha value is -1.35. The minimum absolute atomic E-state index is 0.101. The molecule has 4 rings (SSSR count). The lowest BCUT2D eigenvalue weighted by Crippen LogP contribution is -2.56. The molecule has 0 bridgehead atoms. The van der Waals surface area contributed by atoms with E-state index in [1.807, 2.05) is 5.57 Å². The highest BCUT2D eigenvalue weighted by Crippen LogP contribution is 2.72. The number of ether oxygens (including phenoxy) is 1. The van der Waals surface area contributed by atoms with Crippen molar-refractivity contribution >= 4 is 5.97 Å². The molecular weight excluding hydrogens is 456 g/mol. The van der Waals surface area contributed by atoms with Gasteiger partial charge in [0.05, 0.1) is 12.2 Å². The lowest BCUT2D eigenvalue weighted by atomic mass is 9.43. The molecule has 0 saturated heterocycles. The van der Waals surface area contributed by atoms with E-state index in [2.05, 4.69) is 68.0 Å². The van der Waals surface area contributed by atoms with Crippen LogP contribution in [0.4, 0.5) is 0 Å². The number of allylic oxidation sites excluding steroid dienone is 4. The van der Waals surface area contributed by atoms with Gasteiger partial charge in [0.1, 0.15) is 6.10 Å². The van der Waals surface area contributed by atoms with Gasteiger partial charge in [0.2, 0.25) is 0 Å². The Labute approximate surface area is 227 Å². The van der Waals surface area contributed by atoms with Gasteiger partial charge >= 0.3 is 5.97 Å². The van der Waals surface area contributed by atoms with Gasteiger partial charge in [0.15, 0.2) is 0 Å². The van der Waals surface area contributed by atoms with Gasteiger partial charge in [-0.3, -0.25) is 0 Å². The molecule has 0 aromatic rings. The largest absolute Gasteiger partial charge is 0.458 e. The molecule has 0 amide bonds. The second-order valence-corrected chi connectivity index (χ2v) is 14.7. The number of rotatable bonds is 7. The SMILES string of the molecule is C=C(CO)C(=O)O[C@H]1CC[C@]2(C)C3=C(CC[C@H]2C1(C)C)[C@]1(C)CCC([C@H](C)CCC=C(C)C)[C@@]1(C)CC3. The zero-order chi connectivity index (χ0) is 27.4. The molecule has 1 N–H and O–H groups in total. The van der Waals surface area contributed by atoms with E-state index in [1.165, 1.54) is 56.9 Å². The summed E-state index contributed by atoms with van der Waals surface area (Å²) in [5, 5.41) is 9.35. The topological polar surface area (TPSA) is 46.5 Å². The van der Waals surface area contributed by atoms with Gasteiger partial charge in [0.25, 0.3) is 0 Å². The average molecular weight is 511 g/mol. The van der Waals surface area contributed by atoms with E-state index < -0.39 is 5.97 Å². The third-order valence-corrected chi connectivity index (χ3v) is 12.3. The zero-order valence-corrected chi connectivity index (χ0v) is 25.1. The van der Waals surface area contributed by atoms with Gasteiger partial charge in [-0.1, -0.05) is 70.9 Å². The monoisotopic (exact) mass is 510 g/mol. The first-order chi connectivity index (χ1) is 17.2. The number of carbonyl (C=O) groups excluding carboxylic acids is 1. The molecule has 0 aromatic heterocycles. The molecule has 3 nitrogen and oxygen atoms in total. The van der Waals surface area contributed by atoms with Crippen molar-refractivity contribution in [3.63, 3.8) is 0 Å². The van der Waals surface area contributed by atoms with Crippen LogP contribution < -0.4 is 0 Å². The van der Waals surface area contributed by atoms with Crippen LogP contribution in [0.2, 0.25) is 0 Å². The summed E-state index contributed by atoms with van der Waals surface area (Å²) in [7, 11) is 0. The minimum atomic E-state index is -0.434. The van der Waals surface area contributed by atoms with E-state index in [4.69, 9.17) is 4.74 Å². The molecule has 2 saturated carbocycles. The van der Waals surface area contributed by atoms with Crippen LogP contribution in [0.25, 0.3) is 0 Å². The molecular formula is C34H54O3. The van der Waals surface area contributed by atoms with E-state index >= 15 is 0 Å². The number of hydrogen-bond donors (Lipinski definition) is 1. The first-order valence-electron chi connectivity index (χ1n) is 15.1. The fourth-order valence-corrected chi connectivity index (χ4v) is 9.94. The van der Waals surface area contributed by atoms with Crippen molar-refractivity contribution in [2.45, 2.75) is 126 Å². The summed E-state index contributed by atoms with van der Waals surface area (Å²) >= 11 is 0. The lowest BCUT2D eigenvalue weighted by molar-refractivity contribution is -0.165. The lowest BCUT2D eigenvalue weighted by Gasteiger charge is -2.62. The van der Waals surface area contributed by atoms with Crippen molar-refractivity contribution in [1.82, 2.24) is 0 Å². The minimum Gasteiger partial charge on any atom is -0.458 e. The number of carbonyl (C=O) groups is 1. The third kappa shape index (κ3) is 4.50. The standard InChI is InChI=1S/C34H54O3/c1-22(2)11-10-12-23(3)25-15-19-34(9)27-13-14-28-31(5,6)29(37-30(36)24(4)21-35)17-18-32(28,7)26(27)16-20-33(25,34)8/h11,23,25,28-29,35H,4,10,12-21H2,1-3,5-9H3/t23-,25?,28+,29+,32-,33-,34+/m1/s1. The highest BCUT2D eigenvalue weighted by atomic mass is 16.5. The summed E-state index contributed by atoms with van der Waals surface area (Å²) in [4.78, 5) is 12.5. The second kappa shape index (κ2) is 10.00. The molecule has 0 radical (unpaired) electrons. The van der Waals surface area contributed by atoms with E-state index in [0.717, 1.165) is 24.7 Å². The Morgan fingerprint density at radius 2 is 1.76 bits per heavy atom. The van der Waals surface area contributed by atoms with Gasteiger partial charge in [-0.05, 0) is 112 Å². The summed E-state index contributed by atoms with van der Waals surface area (Å²) in [5.41, 5.74) is 5.99. The van der Waals surface area contributed by atoms with Gasteiger partial charge < -0.3 is 9.84 Å². The maximum Gasteiger partial charge on any atom is 0.336 e. The van der Waals surface area contributed by atoms with Crippen molar-refractivity contribution in [1.29, 1.82) is 0 Å². The van der Waals surface area contributed by atoms with Crippen LogP contribution in [0.3, 0.4) is 0 Å². The summed E-state index contributed by atoms with van der Waals surface area (Å²) in [5.74, 6) is 1.65.